The van der Waals surface area contributed by atoms with Crippen LogP contribution in [-0.4, -0.2) is 46.5 Å². The third-order valence-electron chi connectivity index (χ3n) is 6.87. The van der Waals surface area contributed by atoms with Crippen molar-refractivity contribution in [2.45, 2.75) is 64.3 Å². The molecule has 0 bridgehead atoms. The second-order valence-electron chi connectivity index (χ2n) is 8.62. The van der Waals surface area contributed by atoms with Crippen LogP contribution >= 0.6 is 11.3 Å². The molecule has 5 nitrogen and oxygen atoms in total. The summed E-state index contributed by atoms with van der Waals surface area (Å²) in [5.74, 6) is 1.44. The number of fused-ring (bicyclic) bond motifs is 1. The quantitative estimate of drug-likeness (QED) is 0.780. The molecule has 0 unspecified atom stereocenters. The van der Waals surface area contributed by atoms with Gasteiger partial charge in [0.25, 0.3) is 0 Å². The van der Waals surface area contributed by atoms with E-state index < -0.39 is 0 Å². The standard InChI is InChI=1S/C21H28N4OS/c1-15-12-17-18(22-14-23-19(17)27-15)24-11-9-21(13-24)8-5-10-25(20(21)26)16-6-3-2-4-7-16/h12,14,16H,2-11,13H2,1H3/t21-/m0/s1. The highest BCUT2D eigenvalue weighted by molar-refractivity contribution is 7.18. The van der Waals surface area contributed by atoms with Gasteiger partial charge in [-0.1, -0.05) is 19.3 Å². The number of hydrogen-bond donors (Lipinski definition) is 0. The number of carbonyl (C=O) groups excluding carboxylic acids is 1. The van der Waals surface area contributed by atoms with Gasteiger partial charge >= 0.3 is 0 Å². The second kappa shape index (κ2) is 6.73. The number of carbonyl (C=O) groups is 1. The molecule has 2 aromatic rings. The lowest BCUT2D eigenvalue weighted by Crippen LogP contribution is -2.54. The number of hydrogen-bond acceptors (Lipinski definition) is 5. The lowest BCUT2D eigenvalue weighted by Gasteiger charge is -2.44. The number of anilines is 1. The Morgan fingerprint density at radius 1 is 1.11 bits per heavy atom. The summed E-state index contributed by atoms with van der Waals surface area (Å²) in [4.78, 5) is 29.5. The van der Waals surface area contributed by atoms with E-state index in [-0.39, 0.29) is 5.41 Å². The number of aromatic nitrogens is 2. The Kier molecular flexibility index (Phi) is 4.34. The molecular weight excluding hydrogens is 356 g/mol. The van der Waals surface area contributed by atoms with Crippen molar-refractivity contribution in [3.63, 3.8) is 0 Å². The van der Waals surface area contributed by atoms with Crippen molar-refractivity contribution in [3.05, 3.63) is 17.3 Å². The van der Waals surface area contributed by atoms with Gasteiger partial charge < -0.3 is 9.80 Å². The number of rotatable bonds is 2. The third-order valence-corrected chi connectivity index (χ3v) is 7.83. The van der Waals surface area contributed by atoms with Gasteiger partial charge in [-0.3, -0.25) is 4.79 Å². The highest BCUT2D eigenvalue weighted by Gasteiger charge is 2.50. The molecule has 0 aromatic carbocycles. The molecule has 27 heavy (non-hydrogen) atoms. The van der Waals surface area contributed by atoms with Crippen LogP contribution in [0.2, 0.25) is 0 Å². The third kappa shape index (κ3) is 2.93. The van der Waals surface area contributed by atoms with Crippen molar-refractivity contribution in [1.82, 2.24) is 14.9 Å². The molecule has 144 valence electrons. The number of aryl methyl sites for hydroxylation is 1. The van der Waals surface area contributed by atoms with Crippen molar-refractivity contribution in [2.24, 2.45) is 5.41 Å². The second-order valence-corrected chi connectivity index (χ2v) is 9.85. The molecule has 3 fully saturated rings. The highest BCUT2D eigenvalue weighted by Crippen LogP contribution is 2.44. The van der Waals surface area contributed by atoms with E-state index in [4.69, 9.17) is 0 Å². The SMILES string of the molecule is Cc1cc2c(N3CC[C@@]4(CCCN(C5CCCCC5)C4=O)C3)ncnc2s1. The van der Waals surface area contributed by atoms with E-state index >= 15 is 0 Å². The predicted molar refractivity (Wildman–Crippen MR) is 109 cm³/mol. The minimum atomic E-state index is -0.196. The van der Waals surface area contributed by atoms with Crippen LogP contribution in [-0.2, 0) is 4.79 Å². The highest BCUT2D eigenvalue weighted by atomic mass is 32.1. The van der Waals surface area contributed by atoms with Crippen LogP contribution in [0.15, 0.2) is 12.4 Å². The summed E-state index contributed by atoms with van der Waals surface area (Å²) in [6, 6.07) is 2.68. The average Bonchev–Trinajstić information content (AvgIpc) is 3.28. The molecule has 2 saturated heterocycles. The zero-order valence-electron chi connectivity index (χ0n) is 16.1. The minimum absolute atomic E-state index is 0.196. The maximum absolute atomic E-state index is 13.6. The van der Waals surface area contributed by atoms with Crippen LogP contribution in [0, 0.1) is 12.3 Å². The first-order valence-corrected chi connectivity index (χ1v) is 11.3. The molecule has 0 radical (unpaired) electrons. The average molecular weight is 385 g/mol. The number of nitrogens with zero attached hydrogens (tertiary/aromatic N) is 4. The topological polar surface area (TPSA) is 49.3 Å². The van der Waals surface area contributed by atoms with Crippen molar-refractivity contribution in [3.8, 4) is 0 Å². The van der Waals surface area contributed by atoms with Crippen LogP contribution in [0.3, 0.4) is 0 Å². The summed E-state index contributed by atoms with van der Waals surface area (Å²) in [6.07, 6.45) is 11.1. The molecular formula is C21H28N4OS. The van der Waals surface area contributed by atoms with Gasteiger partial charge in [0.15, 0.2) is 0 Å². The van der Waals surface area contributed by atoms with Crippen LogP contribution in [0.1, 0.15) is 56.2 Å². The van der Waals surface area contributed by atoms with Gasteiger partial charge in [-0.15, -0.1) is 11.3 Å². The Morgan fingerprint density at radius 2 is 1.96 bits per heavy atom. The minimum Gasteiger partial charge on any atom is -0.355 e. The van der Waals surface area contributed by atoms with Gasteiger partial charge in [-0.05, 0) is 45.1 Å². The first kappa shape index (κ1) is 17.4. The Balaban J connectivity index is 1.40. The van der Waals surface area contributed by atoms with Crippen molar-refractivity contribution >= 4 is 33.3 Å². The van der Waals surface area contributed by atoms with Gasteiger partial charge in [0, 0.05) is 30.6 Å². The van der Waals surface area contributed by atoms with Gasteiger partial charge in [0.05, 0.1) is 10.8 Å². The lowest BCUT2D eigenvalue weighted by atomic mass is 9.77. The number of likely N-dealkylation sites (tertiary alicyclic amines) is 1. The van der Waals surface area contributed by atoms with E-state index in [1.165, 1.54) is 37.0 Å². The molecule has 2 aromatic heterocycles. The molecule has 5 rings (SSSR count). The molecule has 1 atom stereocenters. The largest absolute Gasteiger partial charge is 0.355 e. The van der Waals surface area contributed by atoms with E-state index in [9.17, 15) is 4.79 Å². The summed E-state index contributed by atoms with van der Waals surface area (Å²) in [5.41, 5.74) is -0.196. The predicted octanol–water partition coefficient (Wildman–Crippen LogP) is 4.15. The van der Waals surface area contributed by atoms with Crippen molar-refractivity contribution in [2.75, 3.05) is 24.5 Å². The van der Waals surface area contributed by atoms with Crippen molar-refractivity contribution < 1.29 is 4.79 Å². The van der Waals surface area contributed by atoms with Gasteiger partial charge in [0.2, 0.25) is 5.91 Å². The van der Waals surface area contributed by atoms with Crippen LogP contribution in [0.4, 0.5) is 5.82 Å². The van der Waals surface area contributed by atoms with Gasteiger partial charge in [-0.2, -0.15) is 0 Å². The monoisotopic (exact) mass is 384 g/mol. The van der Waals surface area contributed by atoms with E-state index in [0.29, 0.717) is 11.9 Å². The number of piperidine rings is 1. The van der Waals surface area contributed by atoms with E-state index in [2.05, 4.69) is 32.8 Å². The molecule has 2 aliphatic heterocycles. The Morgan fingerprint density at radius 3 is 2.81 bits per heavy atom. The van der Waals surface area contributed by atoms with Crippen LogP contribution in [0.25, 0.3) is 10.2 Å². The zero-order chi connectivity index (χ0) is 18.4. The first-order valence-electron chi connectivity index (χ1n) is 10.4. The number of thiophene rings is 1. The molecule has 0 N–H and O–H groups in total. The fraction of sp³-hybridized carbons (Fsp3) is 0.667. The summed E-state index contributed by atoms with van der Waals surface area (Å²) < 4.78 is 0. The molecule has 6 heteroatoms. The summed E-state index contributed by atoms with van der Waals surface area (Å²) in [5, 5.41) is 1.14. The zero-order valence-corrected chi connectivity index (χ0v) is 16.9. The Labute approximate surface area is 164 Å². The lowest BCUT2D eigenvalue weighted by molar-refractivity contribution is -0.148. The van der Waals surface area contributed by atoms with E-state index in [0.717, 1.165) is 54.9 Å². The van der Waals surface area contributed by atoms with Crippen LogP contribution < -0.4 is 4.90 Å². The summed E-state index contributed by atoms with van der Waals surface area (Å²) in [6.45, 7) is 4.82. The molecule has 1 amide bonds. The van der Waals surface area contributed by atoms with Gasteiger partial charge in [0.1, 0.15) is 17.0 Å². The normalized spacial score (nSPS) is 27.2. The molecule has 1 aliphatic carbocycles. The van der Waals surface area contributed by atoms with Crippen LogP contribution in [0.5, 0.6) is 0 Å². The summed E-state index contributed by atoms with van der Waals surface area (Å²) >= 11 is 1.72. The Hall–Kier alpha value is -1.69. The fourth-order valence-corrected chi connectivity index (χ4v) is 6.33. The first-order chi connectivity index (χ1) is 13.2. The van der Waals surface area contributed by atoms with Gasteiger partial charge in [-0.25, -0.2) is 9.97 Å². The number of amides is 1. The molecule has 1 spiro atoms. The molecule has 3 aliphatic rings. The molecule has 4 heterocycles. The maximum atomic E-state index is 13.6. The fourth-order valence-electron chi connectivity index (χ4n) is 5.49. The smallest absolute Gasteiger partial charge is 0.230 e. The van der Waals surface area contributed by atoms with E-state index in [1.54, 1.807) is 17.7 Å². The van der Waals surface area contributed by atoms with Crippen molar-refractivity contribution in [1.29, 1.82) is 0 Å². The summed E-state index contributed by atoms with van der Waals surface area (Å²) in [7, 11) is 0. The van der Waals surface area contributed by atoms with E-state index in [1.807, 2.05) is 0 Å². The Bertz CT molecular complexity index is 859. The maximum Gasteiger partial charge on any atom is 0.230 e. The molecule has 1 saturated carbocycles.